The Balaban J connectivity index is 2.94. The van der Waals surface area contributed by atoms with Gasteiger partial charge in [-0.15, -0.1) is 0 Å². The first-order valence-corrected chi connectivity index (χ1v) is 4.22. The van der Waals surface area contributed by atoms with Gasteiger partial charge in [0.05, 0.1) is 7.11 Å². The predicted molar refractivity (Wildman–Crippen MR) is 48.6 cm³/mol. The van der Waals surface area contributed by atoms with Crippen LogP contribution in [-0.4, -0.2) is 13.0 Å². The average Bonchev–Trinajstić information content (AvgIpc) is 2.03. The topological polar surface area (TPSA) is 38.3 Å². The van der Waals surface area contributed by atoms with Crippen molar-refractivity contribution in [1.82, 2.24) is 5.48 Å². The zero-order valence-corrected chi connectivity index (χ0v) is 8.39. The molecule has 1 aromatic rings. The van der Waals surface area contributed by atoms with Crippen LogP contribution in [0.25, 0.3) is 0 Å². The Morgan fingerprint density at radius 1 is 1.54 bits per heavy atom. The van der Waals surface area contributed by atoms with E-state index in [4.69, 9.17) is 0 Å². The number of hydrogen-bond donors (Lipinski definition) is 1. The summed E-state index contributed by atoms with van der Waals surface area (Å²) in [5, 5.41) is 0. The molecule has 0 atom stereocenters. The summed E-state index contributed by atoms with van der Waals surface area (Å²) in [5.74, 6) is -0.960. The first-order valence-electron chi connectivity index (χ1n) is 3.43. The molecule has 0 saturated carbocycles. The minimum atomic E-state index is -0.484. The number of hydrogen-bond acceptors (Lipinski definition) is 2. The molecule has 1 rings (SSSR count). The molecule has 0 aliphatic heterocycles. The van der Waals surface area contributed by atoms with Gasteiger partial charge in [0.25, 0.3) is 5.91 Å². The Morgan fingerprint density at radius 3 is 2.77 bits per heavy atom. The minimum Gasteiger partial charge on any atom is -0.277 e. The maximum absolute atomic E-state index is 12.8. The third kappa shape index (κ3) is 2.78. The SMILES string of the molecule is CONC(=O)c1cc(F)cc(Br)c1. The molecule has 0 radical (unpaired) electrons. The number of hydroxylamine groups is 1. The highest BCUT2D eigenvalue weighted by Gasteiger charge is 2.06. The highest BCUT2D eigenvalue weighted by molar-refractivity contribution is 9.10. The van der Waals surface area contributed by atoms with Crippen LogP contribution in [0.3, 0.4) is 0 Å². The lowest BCUT2D eigenvalue weighted by atomic mass is 10.2. The summed E-state index contributed by atoms with van der Waals surface area (Å²) in [7, 11) is 1.31. The molecule has 0 aromatic heterocycles. The average molecular weight is 248 g/mol. The minimum absolute atomic E-state index is 0.203. The Hall–Kier alpha value is -0.940. The molecular formula is C8H7BrFNO2. The monoisotopic (exact) mass is 247 g/mol. The van der Waals surface area contributed by atoms with Crippen LogP contribution in [0.2, 0.25) is 0 Å². The van der Waals surface area contributed by atoms with Crippen molar-refractivity contribution in [1.29, 1.82) is 0 Å². The molecule has 0 unspecified atom stereocenters. The lowest BCUT2D eigenvalue weighted by Crippen LogP contribution is -2.21. The van der Waals surface area contributed by atoms with Crippen molar-refractivity contribution in [3.8, 4) is 0 Å². The Morgan fingerprint density at radius 2 is 2.23 bits per heavy atom. The summed E-state index contributed by atoms with van der Waals surface area (Å²) in [6.07, 6.45) is 0. The second-order valence-corrected chi connectivity index (χ2v) is 3.21. The molecule has 5 heteroatoms. The molecule has 3 nitrogen and oxygen atoms in total. The van der Waals surface area contributed by atoms with Gasteiger partial charge >= 0.3 is 0 Å². The van der Waals surface area contributed by atoms with E-state index in [1.54, 1.807) is 0 Å². The highest BCUT2D eigenvalue weighted by Crippen LogP contribution is 2.14. The first kappa shape index (κ1) is 10.1. The van der Waals surface area contributed by atoms with Gasteiger partial charge in [0.1, 0.15) is 5.82 Å². The molecule has 1 aromatic carbocycles. The number of nitrogens with one attached hydrogen (secondary N) is 1. The van der Waals surface area contributed by atoms with Crippen LogP contribution in [0.15, 0.2) is 22.7 Å². The molecule has 70 valence electrons. The van der Waals surface area contributed by atoms with Crippen LogP contribution in [0, 0.1) is 5.82 Å². The van der Waals surface area contributed by atoms with E-state index in [0.29, 0.717) is 4.47 Å². The van der Waals surface area contributed by atoms with Crippen LogP contribution in [-0.2, 0) is 4.84 Å². The van der Waals surface area contributed by atoms with Crippen molar-refractivity contribution in [2.45, 2.75) is 0 Å². The first-order chi connectivity index (χ1) is 6.13. The number of benzene rings is 1. The molecular weight excluding hydrogens is 241 g/mol. The zero-order valence-electron chi connectivity index (χ0n) is 6.80. The fourth-order valence-electron chi connectivity index (χ4n) is 0.837. The van der Waals surface area contributed by atoms with Gasteiger partial charge in [0.2, 0.25) is 0 Å². The fourth-order valence-corrected chi connectivity index (χ4v) is 1.30. The van der Waals surface area contributed by atoms with E-state index in [2.05, 4.69) is 26.2 Å². The van der Waals surface area contributed by atoms with Gasteiger partial charge in [0, 0.05) is 10.0 Å². The van der Waals surface area contributed by atoms with Crippen molar-refractivity contribution >= 4 is 21.8 Å². The molecule has 0 aliphatic rings. The van der Waals surface area contributed by atoms with Gasteiger partial charge < -0.3 is 0 Å². The number of carbonyl (C=O) groups is 1. The van der Waals surface area contributed by atoms with Crippen molar-refractivity contribution in [2.24, 2.45) is 0 Å². The second-order valence-electron chi connectivity index (χ2n) is 2.29. The maximum Gasteiger partial charge on any atom is 0.274 e. The Labute approximate surface area is 83.0 Å². The normalized spacial score (nSPS) is 9.77. The molecule has 1 amide bonds. The van der Waals surface area contributed by atoms with Crippen LogP contribution < -0.4 is 5.48 Å². The number of carbonyl (C=O) groups excluding carboxylic acids is 1. The van der Waals surface area contributed by atoms with Gasteiger partial charge in [-0.3, -0.25) is 9.63 Å². The molecule has 0 spiro atoms. The van der Waals surface area contributed by atoms with Gasteiger partial charge in [-0.25, -0.2) is 9.87 Å². The number of amides is 1. The summed E-state index contributed by atoms with van der Waals surface area (Å²) >= 11 is 3.07. The molecule has 1 N–H and O–H groups in total. The van der Waals surface area contributed by atoms with E-state index in [-0.39, 0.29) is 5.56 Å². The number of rotatable bonds is 2. The molecule has 0 heterocycles. The van der Waals surface area contributed by atoms with Crippen molar-refractivity contribution in [2.75, 3.05) is 7.11 Å². The zero-order chi connectivity index (χ0) is 9.84. The van der Waals surface area contributed by atoms with Crippen LogP contribution >= 0.6 is 15.9 Å². The van der Waals surface area contributed by atoms with Crippen LogP contribution in [0.1, 0.15) is 10.4 Å². The van der Waals surface area contributed by atoms with Crippen molar-refractivity contribution in [3.63, 3.8) is 0 Å². The molecule has 13 heavy (non-hydrogen) atoms. The molecule has 0 bridgehead atoms. The maximum atomic E-state index is 12.8. The highest BCUT2D eigenvalue weighted by atomic mass is 79.9. The van der Waals surface area contributed by atoms with E-state index < -0.39 is 11.7 Å². The van der Waals surface area contributed by atoms with Crippen LogP contribution in [0.5, 0.6) is 0 Å². The molecule has 0 saturated heterocycles. The van der Waals surface area contributed by atoms with Crippen LogP contribution in [0.4, 0.5) is 4.39 Å². The quantitative estimate of drug-likeness (QED) is 0.811. The molecule has 0 fully saturated rings. The summed E-state index contributed by atoms with van der Waals surface area (Å²) in [4.78, 5) is 15.5. The second kappa shape index (κ2) is 4.34. The summed E-state index contributed by atoms with van der Waals surface area (Å²) in [5.41, 5.74) is 2.29. The third-order valence-corrected chi connectivity index (χ3v) is 1.78. The van der Waals surface area contributed by atoms with Crippen molar-refractivity contribution < 1.29 is 14.0 Å². The largest absolute Gasteiger partial charge is 0.277 e. The van der Waals surface area contributed by atoms with E-state index in [9.17, 15) is 9.18 Å². The van der Waals surface area contributed by atoms with Gasteiger partial charge in [-0.05, 0) is 18.2 Å². The standard InChI is InChI=1S/C8H7BrFNO2/c1-13-11-8(12)5-2-6(9)4-7(10)3-5/h2-4H,1H3,(H,11,12). The van der Waals surface area contributed by atoms with E-state index >= 15 is 0 Å². The summed E-state index contributed by atoms with van der Waals surface area (Å²) in [6, 6.07) is 3.89. The summed E-state index contributed by atoms with van der Waals surface area (Å²) in [6.45, 7) is 0. The van der Waals surface area contributed by atoms with E-state index in [0.717, 1.165) is 6.07 Å². The fraction of sp³-hybridized carbons (Fsp3) is 0.125. The van der Waals surface area contributed by atoms with Gasteiger partial charge in [-0.1, -0.05) is 15.9 Å². The van der Waals surface area contributed by atoms with Gasteiger partial charge in [-0.2, -0.15) is 0 Å². The Kier molecular flexibility index (Phi) is 3.39. The van der Waals surface area contributed by atoms with E-state index in [1.807, 2.05) is 0 Å². The smallest absolute Gasteiger partial charge is 0.274 e. The van der Waals surface area contributed by atoms with Gasteiger partial charge in [0.15, 0.2) is 0 Å². The Bertz CT molecular complexity index is 310. The third-order valence-electron chi connectivity index (χ3n) is 1.32. The summed E-state index contributed by atoms with van der Waals surface area (Å²) < 4.78 is 13.3. The van der Waals surface area contributed by atoms with E-state index in [1.165, 1.54) is 19.2 Å². The number of halogens is 2. The molecule has 0 aliphatic carbocycles. The lowest BCUT2D eigenvalue weighted by Gasteiger charge is -2.02. The van der Waals surface area contributed by atoms with Crippen molar-refractivity contribution in [3.05, 3.63) is 34.1 Å². The predicted octanol–water partition coefficient (Wildman–Crippen LogP) is 1.88. The lowest BCUT2D eigenvalue weighted by molar-refractivity contribution is 0.0537.